The predicted octanol–water partition coefficient (Wildman–Crippen LogP) is 0.432. The van der Waals surface area contributed by atoms with Crippen molar-refractivity contribution >= 4 is 6.29 Å². The smallest absolute Gasteiger partial charge is 0.144 e. The van der Waals surface area contributed by atoms with Crippen molar-refractivity contribution in [2.24, 2.45) is 0 Å². The minimum absolute atomic E-state index is 0.691. The van der Waals surface area contributed by atoms with Crippen LogP contribution in [0.5, 0.6) is 0 Å². The largest absolute Gasteiger partial charge is 0.368 e. The number of allylic oxidation sites excluding steroid dienone is 1. The molecule has 0 radical (unpaired) electrons. The topological polar surface area (TPSA) is 29.1 Å². The van der Waals surface area contributed by atoms with Crippen molar-refractivity contribution in [3.63, 3.8) is 0 Å². The van der Waals surface area contributed by atoms with Crippen molar-refractivity contribution < 1.29 is 4.79 Å². The molecule has 0 aliphatic rings. The maximum Gasteiger partial charge on any atom is 0.144 e. The molecule has 2 nitrogen and oxygen atoms in total. The minimum Gasteiger partial charge on any atom is -0.368 e. The molecule has 0 amide bonds. The SMILES string of the molecule is C=CN/C=C/C=O. The zero-order chi connectivity index (χ0) is 5.54. The van der Waals surface area contributed by atoms with Crippen LogP contribution in [0, 0.1) is 0 Å². The molecule has 0 atom stereocenters. The Morgan fingerprint density at radius 3 is 2.71 bits per heavy atom. The van der Waals surface area contributed by atoms with E-state index in [1.165, 1.54) is 18.5 Å². The van der Waals surface area contributed by atoms with Crippen LogP contribution < -0.4 is 5.32 Å². The molecule has 7 heavy (non-hydrogen) atoms. The van der Waals surface area contributed by atoms with E-state index in [0.717, 1.165) is 0 Å². The zero-order valence-electron chi connectivity index (χ0n) is 3.92. The van der Waals surface area contributed by atoms with Crippen LogP contribution in [0.2, 0.25) is 0 Å². The van der Waals surface area contributed by atoms with Gasteiger partial charge in [0.15, 0.2) is 0 Å². The van der Waals surface area contributed by atoms with Gasteiger partial charge in [-0.15, -0.1) is 0 Å². The Kier molecular flexibility index (Phi) is 4.21. The average Bonchev–Trinajstić information content (AvgIpc) is 1.69. The maximum atomic E-state index is 9.52. The number of nitrogens with one attached hydrogen (secondary N) is 1. The highest BCUT2D eigenvalue weighted by molar-refractivity contribution is 5.64. The molecule has 0 heterocycles. The van der Waals surface area contributed by atoms with E-state index in [4.69, 9.17) is 0 Å². The molecule has 0 unspecified atom stereocenters. The Balaban J connectivity index is 3.08. The van der Waals surface area contributed by atoms with Gasteiger partial charge in [0.1, 0.15) is 6.29 Å². The standard InChI is InChI=1S/C5H7NO/c1-2-6-4-3-5-7/h2-6H,1H2/b4-3+. The second-order valence-corrected chi connectivity index (χ2v) is 0.866. The zero-order valence-corrected chi connectivity index (χ0v) is 3.92. The minimum atomic E-state index is 0.691. The molecule has 0 fully saturated rings. The Labute approximate surface area is 42.5 Å². The first-order valence-corrected chi connectivity index (χ1v) is 1.89. The van der Waals surface area contributed by atoms with Crippen molar-refractivity contribution in [2.75, 3.05) is 0 Å². The molecule has 1 N–H and O–H groups in total. The third-order valence-electron chi connectivity index (χ3n) is 0.389. The Hall–Kier alpha value is -1.05. The Morgan fingerprint density at radius 2 is 2.29 bits per heavy atom. The van der Waals surface area contributed by atoms with Gasteiger partial charge in [-0.05, 0) is 12.3 Å². The lowest BCUT2D eigenvalue weighted by Gasteiger charge is -1.78. The van der Waals surface area contributed by atoms with Crippen LogP contribution in [0.4, 0.5) is 0 Å². The number of rotatable bonds is 3. The first-order chi connectivity index (χ1) is 3.41. The fraction of sp³-hybridized carbons (Fsp3) is 0. The van der Waals surface area contributed by atoms with E-state index in [9.17, 15) is 4.79 Å². The van der Waals surface area contributed by atoms with Gasteiger partial charge in [0.2, 0.25) is 0 Å². The molecular formula is C5H7NO. The fourth-order valence-corrected chi connectivity index (χ4v) is 0.163. The van der Waals surface area contributed by atoms with E-state index in [1.54, 1.807) is 0 Å². The number of hydrogen-bond acceptors (Lipinski definition) is 2. The van der Waals surface area contributed by atoms with Gasteiger partial charge in [-0.3, -0.25) is 4.79 Å². The molecule has 0 saturated carbocycles. The monoisotopic (exact) mass is 97.1 g/mol. The normalized spacial score (nSPS) is 8.57. The summed E-state index contributed by atoms with van der Waals surface area (Å²) in [6, 6.07) is 0. The van der Waals surface area contributed by atoms with E-state index in [2.05, 4.69) is 11.9 Å². The highest BCUT2D eigenvalue weighted by Crippen LogP contribution is 1.57. The lowest BCUT2D eigenvalue weighted by atomic mass is 10.7. The van der Waals surface area contributed by atoms with Crippen LogP contribution in [-0.2, 0) is 4.79 Å². The highest BCUT2D eigenvalue weighted by Gasteiger charge is 1.57. The molecule has 38 valence electrons. The third kappa shape index (κ3) is 4.95. The Bertz CT molecular complexity index is 86.1. The summed E-state index contributed by atoms with van der Waals surface area (Å²) in [5, 5.41) is 2.60. The van der Waals surface area contributed by atoms with E-state index in [0.29, 0.717) is 6.29 Å². The van der Waals surface area contributed by atoms with Crippen molar-refractivity contribution in [2.45, 2.75) is 0 Å². The molecule has 0 saturated heterocycles. The van der Waals surface area contributed by atoms with Crippen LogP contribution in [0.1, 0.15) is 0 Å². The highest BCUT2D eigenvalue weighted by atomic mass is 16.1. The predicted molar refractivity (Wildman–Crippen MR) is 28.5 cm³/mol. The van der Waals surface area contributed by atoms with Gasteiger partial charge in [-0.25, -0.2) is 0 Å². The first-order valence-electron chi connectivity index (χ1n) is 1.89. The quantitative estimate of drug-likeness (QED) is 0.408. The van der Waals surface area contributed by atoms with E-state index in [1.807, 2.05) is 0 Å². The molecule has 0 aliphatic carbocycles. The van der Waals surface area contributed by atoms with Crippen LogP contribution in [0.25, 0.3) is 0 Å². The summed E-state index contributed by atoms with van der Waals surface area (Å²) in [4.78, 5) is 9.52. The molecule has 2 heteroatoms. The van der Waals surface area contributed by atoms with Crippen molar-refractivity contribution in [1.29, 1.82) is 0 Å². The van der Waals surface area contributed by atoms with Gasteiger partial charge in [0, 0.05) is 6.20 Å². The summed E-state index contributed by atoms with van der Waals surface area (Å²) >= 11 is 0. The molecule has 0 aromatic rings. The molecule has 0 rings (SSSR count). The van der Waals surface area contributed by atoms with E-state index in [-0.39, 0.29) is 0 Å². The van der Waals surface area contributed by atoms with Crippen molar-refractivity contribution in [1.82, 2.24) is 5.32 Å². The van der Waals surface area contributed by atoms with Gasteiger partial charge in [0.25, 0.3) is 0 Å². The van der Waals surface area contributed by atoms with Crippen molar-refractivity contribution in [3.05, 3.63) is 25.1 Å². The van der Waals surface area contributed by atoms with Crippen molar-refractivity contribution in [3.8, 4) is 0 Å². The van der Waals surface area contributed by atoms with Crippen LogP contribution in [0.15, 0.2) is 25.1 Å². The van der Waals surface area contributed by atoms with E-state index < -0.39 is 0 Å². The number of carbonyl (C=O) groups is 1. The summed E-state index contributed by atoms with van der Waals surface area (Å²) in [5.74, 6) is 0. The molecule has 0 bridgehead atoms. The maximum absolute atomic E-state index is 9.52. The number of hydrogen-bond donors (Lipinski definition) is 1. The molecule has 0 aliphatic heterocycles. The second kappa shape index (κ2) is 4.95. The van der Waals surface area contributed by atoms with Gasteiger partial charge in [0.05, 0.1) is 0 Å². The molecule has 0 spiro atoms. The van der Waals surface area contributed by atoms with Crippen LogP contribution >= 0.6 is 0 Å². The van der Waals surface area contributed by atoms with E-state index >= 15 is 0 Å². The molecule has 0 aromatic heterocycles. The summed E-state index contributed by atoms with van der Waals surface area (Å²) in [7, 11) is 0. The summed E-state index contributed by atoms with van der Waals surface area (Å²) in [6.07, 6.45) is 5.03. The number of aldehydes is 1. The molecular weight excluding hydrogens is 90.1 g/mol. The van der Waals surface area contributed by atoms with Gasteiger partial charge in [-0.1, -0.05) is 6.58 Å². The van der Waals surface area contributed by atoms with Gasteiger partial charge >= 0.3 is 0 Å². The molecule has 0 aromatic carbocycles. The summed E-state index contributed by atoms with van der Waals surface area (Å²) < 4.78 is 0. The lowest BCUT2D eigenvalue weighted by Crippen LogP contribution is -1.88. The second-order valence-electron chi connectivity index (χ2n) is 0.866. The number of carbonyl (C=O) groups excluding carboxylic acids is 1. The lowest BCUT2D eigenvalue weighted by molar-refractivity contribution is -0.104. The summed E-state index contributed by atoms with van der Waals surface area (Å²) in [5.41, 5.74) is 0. The summed E-state index contributed by atoms with van der Waals surface area (Å²) in [6.45, 7) is 3.35. The van der Waals surface area contributed by atoms with Crippen LogP contribution in [-0.4, -0.2) is 6.29 Å². The average molecular weight is 97.1 g/mol. The van der Waals surface area contributed by atoms with Crippen LogP contribution in [0.3, 0.4) is 0 Å². The van der Waals surface area contributed by atoms with Gasteiger partial charge < -0.3 is 5.32 Å². The fourth-order valence-electron chi connectivity index (χ4n) is 0.163. The van der Waals surface area contributed by atoms with Gasteiger partial charge in [-0.2, -0.15) is 0 Å². The first kappa shape index (κ1) is 5.95. The third-order valence-corrected chi connectivity index (χ3v) is 0.389. The Morgan fingerprint density at radius 1 is 1.57 bits per heavy atom.